The van der Waals surface area contributed by atoms with Crippen LogP contribution in [0.3, 0.4) is 0 Å². The number of ether oxygens (including phenoxy) is 1. The van der Waals surface area contributed by atoms with Gasteiger partial charge in [-0.05, 0) is 37.0 Å². The summed E-state index contributed by atoms with van der Waals surface area (Å²) in [5.74, 6) is -0.399. The van der Waals surface area contributed by atoms with Crippen molar-refractivity contribution in [2.75, 3.05) is 6.61 Å². The van der Waals surface area contributed by atoms with E-state index in [9.17, 15) is 9.59 Å². The smallest absolute Gasteiger partial charge is 0.348 e. The van der Waals surface area contributed by atoms with Gasteiger partial charge in [-0.2, -0.15) is 0 Å². The molecule has 0 atom stereocenters. The zero-order chi connectivity index (χ0) is 18.0. The van der Waals surface area contributed by atoms with Crippen molar-refractivity contribution in [2.45, 2.75) is 33.7 Å². The molecule has 0 saturated heterocycles. The monoisotopic (exact) mass is 356 g/mol. The molecule has 3 rings (SSSR count). The van der Waals surface area contributed by atoms with Crippen molar-refractivity contribution in [2.24, 2.45) is 0 Å². The molecule has 0 amide bonds. The van der Waals surface area contributed by atoms with Gasteiger partial charge < -0.3 is 4.74 Å². The van der Waals surface area contributed by atoms with Gasteiger partial charge in [0, 0.05) is 0 Å². The lowest BCUT2D eigenvalue weighted by atomic mass is 10.1. The summed E-state index contributed by atoms with van der Waals surface area (Å²) < 4.78 is 6.64. The Hall–Kier alpha value is -2.47. The molecule has 130 valence electrons. The second-order valence-corrected chi connectivity index (χ2v) is 6.80. The molecule has 0 saturated carbocycles. The maximum absolute atomic E-state index is 12.8. The Kier molecular flexibility index (Phi) is 4.99. The third-order valence-electron chi connectivity index (χ3n) is 4.16. The molecule has 0 spiro atoms. The summed E-state index contributed by atoms with van der Waals surface area (Å²) in [5.41, 5.74) is 2.82. The molecule has 0 aliphatic rings. The molecule has 6 heteroatoms. The number of hydrogen-bond donors (Lipinski definition) is 0. The van der Waals surface area contributed by atoms with Crippen LogP contribution in [0, 0.1) is 6.92 Å². The maximum atomic E-state index is 12.8. The number of carbonyl (C=O) groups is 1. The third kappa shape index (κ3) is 3.35. The van der Waals surface area contributed by atoms with Crippen LogP contribution in [0.1, 0.15) is 40.2 Å². The third-order valence-corrected chi connectivity index (χ3v) is 5.34. The van der Waals surface area contributed by atoms with E-state index in [2.05, 4.69) is 24.0 Å². The number of thiophene rings is 1. The van der Waals surface area contributed by atoms with Crippen molar-refractivity contribution < 1.29 is 9.53 Å². The maximum Gasteiger partial charge on any atom is 0.348 e. The van der Waals surface area contributed by atoms with Crippen molar-refractivity contribution in [1.29, 1.82) is 0 Å². The first-order valence-corrected chi connectivity index (χ1v) is 9.10. The van der Waals surface area contributed by atoms with Gasteiger partial charge in [0.05, 0.1) is 24.9 Å². The van der Waals surface area contributed by atoms with Crippen LogP contribution in [-0.4, -0.2) is 22.1 Å². The van der Waals surface area contributed by atoms with E-state index >= 15 is 0 Å². The van der Waals surface area contributed by atoms with Gasteiger partial charge in [-0.25, -0.2) is 9.78 Å². The molecular weight excluding hydrogens is 336 g/mol. The summed E-state index contributed by atoms with van der Waals surface area (Å²) in [6, 6.07) is 8.20. The number of nitrogens with zero attached hydrogens (tertiary/aromatic N) is 2. The number of aryl methyl sites for hydroxylation is 2. The van der Waals surface area contributed by atoms with Crippen LogP contribution in [0.5, 0.6) is 0 Å². The normalized spacial score (nSPS) is 11.0. The Labute approximate surface area is 149 Å². The Morgan fingerprint density at radius 3 is 2.52 bits per heavy atom. The molecule has 2 heterocycles. The highest BCUT2D eigenvalue weighted by atomic mass is 32.1. The number of carbonyl (C=O) groups excluding carboxylic acids is 1. The number of rotatable bonds is 5. The molecule has 0 aliphatic carbocycles. The second kappa shape index (κ2) is 7.19. The van der Waals surface area contributed by atoms with Crippen LogP contribution in [0.2, 0.25) is 0 Å². The fraction of sp³-hybridized carbons (Fsp3) is 0.316. The van der Waals surface area contributed by atoms with Gasteiger partial charge in [0.25, 0.3) is 5.56 Å². The quantitative estimate of drug-likeness (QED) is 0.656. The fourth-order valence-corrected chi connectivity index (χ4v) is 3.77. The fourth-order valence-electron chi connectivity index (χ4n) is 2.74. The molecular formula is C19H20N2O3S. The molecule has 0 unspecified atom stereocenters. The highest BCUT2D eigenvalue weighted by Gasteiger charge is 2.20. The van der Waals surface area contributed by atoms with Crippen LogP contribution >= 0.6 is 11.3 Å². The molecule has 1 aromatic carbocycles. The first kappa shape index (κ1) is 17.4. The van der Waals surface area contributed by atoms with Gasteiger partial charge in [-0.3, -0.25) is 9.36 Å². The topological polar surface area (TPSA) is 61.2 Å². The molecule has 3 aromatic rings. The largest absolute Gasteiger partial charge is 0.462 e. The van der Waals surface area contributed by atoms with Gasteiger partial charge >= 0.3 is 5.97 Å². The standard InChI is InChI=1S/C19H20N2O3S/c1-4-13-6-8-14(9-7-13)10-21-11-20-17-15(18(21)22)12(3)16(25-17)19(23)24-5-2/h6-9,11H,4-5,10H2,1-3H3. The number of hydrogen-bond acceptors (Lipinski definition) is 5. The van der Waals surface area contributed by atoms with Crippen LogP contribution in [0.4, 0.5) is 0 Å². The average Bonchev–Trinajstić information content (AvgIpc) is 2.96. The van der Waals surface area contributed by atoms with E-state index in [1.807, 2.05) is 12.1 Å². The Balaban J connectivity index is 2.00. The summed E-state index contributed by atoms with van der Waals surface area (Å²) in [5, 5.41) is 0.501. The molecule has 0 aliphatic heterocycles. The predicted octanol–water partition coefficient (Wildman–Crippen LogP) is 3.55. The summed E-state index contributed by atoms with van der Waals surface area (Å²) in [4.78, 5) is 30.3. The van der Waals surface area contributed by atoms with Crippen LogP contribution in [-0.2, 0) is 17.7 Å². The number of esters is 1. The number of aromatic nitrogens is 2. The van der Waals surface area contributed by atoms with Gasteiger partial charge in [0.1, 0.15) is 9.71 Å². The average molecular weight is 356 g/mol. The summed E-state index contributed by atoms with van der Waals surface area (Å²) in [7, 11) is 0. The van der Waals surface area contributed by atoms with Gasteiger partial charge in [0.15, 0.2) is 0 Å². The van der Waals surface area contributed by atoms with E-state index < -0.39 is 5.97 Å². The van der Waals surface area contributed by atoms with E-state index in [1.54, 1.807) is 24.7 Å². The highest BCUT2D eigenvalue weighted by Crippen LogP contribution is 2.27. The first-order valence-electron chi connectivity index (χ1n) is 8.28. The lowest BCUT2D eigenvalue weighted by Crippen LogP contribution is -2.21. The van der Waals surface area contributed by atoms with Crippen molar-refractivity contribution in [3.63, 3.8) is 0 Å². The van der Waals surface area contributed by atoms with Crippen LogP contribution < -0.4 is 5.56 Å². The Morgan fingerprint density at radius 1 is 1.20 bits per heavy atom. The number of fused-ring (bicyclic) bond motifs is 1. The van der Waals surface area contributed by atoms with Crippen molar-refractivity contribution >= 4 is 27.5 Å². The lowest BCUT2D eigenvalue weighted by molar-refractivity contribution is 0.0531. The molecule has 5 nitrogen and oxygen atoms in total. The van der Waals surface area contributed by atoms with E-state index in [1.165, 1.54) is 16.9 Å². The molecule has 0 N–H and O–H groups in total. The molecule has 0 radical (unpaired) electrons. The summed E-state index contributed by atoms with van der Waals surface area (Å²) >= 11 is 1.21. The molecule has 2 aromatic heterocycles. The molecule has 25 heavy (non-hydrogen) atoms. The van der Waals surface area contributed by atoms with E-state index in [4.69, 9.17) is 4.74 Å². The summed E-state index contributed by atoms with van der Waals surface area (Å²) in [6.07, 6.45) is 2.53. The van der Waals surface area contributed by atoms with Gasteiger partial charge in [0.2, 0.25) is 0 Å². The SMILES string of the molecule is CCOC(=O)c1sc2ncn(Cc3ccc(CC)cc3)c(=O)c2c1C. The molecule has 0 fully saturated rings. The lowest BCUT2D eigenvalue weighted by Gasteiger charge is -2.06. The summed E-state index contributed by atoms with van der Waals surface area (Å²) in [6.45, 7) is 6.40. The molecule has 0 bridgehead atoms. The van der Waals surface area contributed by atoms with Gasteiger partial charge in [-0.15, -0.1) is 11.3 Å². The van der Waals surface area contributed by atoms with E-state index in [0.717, 1.165) is 12.0 Å². The zero-order valence-electron chi connectivity index (χ0n) is 14.5. The zero-order valence-corrected chi connectivity index (χ0v) is 15.4. The Morgan fingerprint density at radius 2 is 1.88 bits per heavy atom. The van der Waals surface area contributed by atoms with Crippen LogP contribution in [0.25, 0.3) is 10.2 Å². The Bertz CT molecular complexity index is 971. The van der Waals surface area contributed by atoms with Crippen molar-refractivity contribution in [1.82, 2.24) is 9.55 Å². The van der Waals surface area contributed by atoms with Crippen LogP contribution in [0.15, 0.2) is 35.4 Å². The minimum atomic E-state index is -0.399. The predicted molar refractivity (Wildman–Crippen MR) is 99.5 cm³/mol. The van der Waals surface area contributed by atoms with Gasteiger partial charge in [-0.1, -0.05) is 31.2 Å². The second-order valence-electron chi connectivity index (χ2n) is 5.80. The minimum absolute atomic E-state index is 0.131. The first-order chi connectivity index (χ1) is 12.0. The van der Waals surface area contributed by atoms with E-state index in [0.29, 0.717) is 33.8 Å². The van der Waals surface area contributed by atoms with E-state index in [-0.39, 0.29) is 5.56 Å². The highest BCUT2D eigenvalue weighted by molar-refractivity contribution is 7.20. The minimum Gasteiger partial charge on any atom is -0.462 e. The van der Waals surface area contributed by atoms with Crippen molar-refractivity contribution in [3.05, 3.63) is 62.5 Å². The van der Waals surface area contributed by atoms with Crippen molar-refractivity contribution in [3.8, 4) is 0 Å². The number of benzene rings is 1.